The van der Waals surface area contributed by atoms with E-state index in [9.17, 15) is 0 Å². The summed E-state index contributed by atoms with van der Waals surface area (Å²) in [5.41, 5.74) is 0. The molecule has 0 saturated carbocycles. The van der Waals surface area contributed by atoms with E-state index in [0.29, 0.717) is 0 Å². The third-order valence-corrected chi connectivity index (χ3v) is 0. The molecule has 0 aliphatic carbocycles. The fourth-order valence-corrected chi connectivity index (χ4v) is 0. The summed E-state index contributed by atoms with van der Waals surface area (Å²) < 4.78 is 0. The van der Waals surface area contributed by atoms with Gasteiger partial charge in [-0.2, -0.15) is 0 Å². The van der Waals surface area contributed by atoms with Crippen molar-refractivity contribution >= 4 is 0 Å². The topological polar surface area (TPSA) is 40.5 Å². The van der Waals surface area contributed by atoms with E-state index in [0.717, 1.165) is 0 Å². The van der Waals surface area contributed by atoms with Gasteiger partial charge >= 0.3 is 0 Å². The van der Waals surface area contributed by atoms with E-state index in [1.165, 1.54) is 0 Å². The van der Waals surface area contributed by atoms with Crippen LogP contribution >= 0.6 is 0 Å². The van der Waals surface area contributed by atoms with Gasteiger partial charge in [-0.1, -0.05) is 0 Å². The molecule has 0 fully saturated rings. The van der Waals surface area contributed by atoms with Gasteiger partial charge in [-0.25, -0.2) is 0 Å². The monoisotopic (exact) mass is 343 g/mol. The van der Waals surface area contributed by atoms with Crippen molar-refractivity contribution in [3.8, 4) is 0 Å². The molecule has 4 heavy (non-hydrogen) atoms. The largest absolute Gasteiger partial charge is 0.255 e. The molecule has 0 aromatic rings. The molecule has 2 N–H and O–H groups in total. The Morgan fingerprint density at radius 2 is 1.00 bits per heavy atom. The van der Waals surface area contributed by atoms with Gasteiger partial charge < -0.3 is 0 Å². The van der Waals surface area contributed by atoms with Crippen LogP contribution in [0, 0.1) is 0 Å². The van der Waals surface area contributed by atoms with E-state index in [4.69, 9.17) is 10.5 Å². The molecule has 0 unspecified atom stereocenters. The summed E-state index contributed by atoms with van der Waals surface area (Å²) in [5.74, 6) is 0. The average molecular weight is 342 g/mol. The molecule has 0 heterocycles. The van der Waals surface area contributed by atoms with Crippen LogP contribution in [0.2, 0.25) is 0 Å². The minimum atomic E-state index is 0. The normalized spacial score (nSPS) is 1.50. The molecular weight excluding hydrogens is 340 g/mol. The zero-order chi connectivity index (χ0) is 2.00. The Morgan fingerprint density at radius 1 is 1.00 bits per heavy atom. The smallest absolute Gasteiger partial charge is 0 e. The van der Waals surface area contributed by atoms with E-state index in [2.05, 4.69) is 0 Å². The van der Waals surface area contributed by atoms with Gasteiger partial charge in [0.15, 0.2) is 0 Å². The molecule has 0 aromatic carbocycles. The molecule has 0 saturated heterocycles. The van der Waals surface area contributed by atoms with Gasteiger partial charge in [0.1, 0.15) is 0 Å². The Labute approximate surface area is 60.2 Å². The molecule has 0 aromatic heterocycles. The zero-order valence-electron chi connectivity index (χ0n) is 1.90. The number of hydrogen-bond acceptors (Lipinski definition) is 2. The Bertz CT molecular complexity index is 6.00. The van der Waals surface area contributed by atoms with Crippen molar-refractivity contribution in [1.29, 1.82) is 0 Å². The van der Waals surface area contributed by atoms with Crippen LogP contribution in [0.25, 0.3) is 0 Å². The molecule has 2 nitrogen and oxygen atoms in total. The molecule has 0 amide bonds. The minimum Gasteiger partial charge on any atom is -0.255 e. The summed E-state index contributed by atoms with van der Waals surface area (Å²) in [6.07, 6.45) is 0. The fourth-order valence-electron chi connectivity index (χ4n) is 0. The van der Waals surface area contributed by atoms with Crippen LogP contribution in [0.3, 0.4) is 0 Å². The van der Waals surface area contributed by atoms with E-state index in [1.54, 1.807) is 0 Å². The predicted molar refractivity (Wildman–Crippen MR) is 5.26 cm³/mol. The molecule has 0 bridgehead atoms. The molecule has 27 valence electrons. The summed E-state index contributed by atoms with van der Waals surface area (Å²) in [6, 6.07) is 0. The van der Waals surface area contributed by atoms with Gasteiger partial charge in [0, 0.05) is 50.0 Å². The third kappa shape index (κ3) is 9.52. The maximum absolute atomic E-state index is 6.00. The first-order valence-electron chi connectivity index (χ1n) is 0.200. The van der Waals surface area contributed by atoms with E-state index in [-0.39, 0.29) is 50.0 Å². The van der Waals surface area contributed by atoms with E-state index >= 15 is 0 Å². The maximum Gasteiger partial charge on any atom is 0 e. The Balaban J connectivity index is -0.00000000500. The van der Waals surface area contributed by atoms with Gasteiger partial charge in [-0.05, 0) is 0 Å². The van der Waals surface area contributed by atoms with Gasteiger partial charge in [0.2, 0.25) is 0 Å². The van der Waals surface area contributed by atoms with Crippen molar-refractivity contribution in [2.75, 3.05) is 0 Å². The molecular formula is H2AgHgO2. The summed E-state index contributed by atoms with van der Waals surface area (Å²) in [5, 5.41) is 12.0. The summed E-state index contributed by atoms with van der Waals surface area (Å²) in [6.45, 7) is 0. The second-order valence-electron chi connectivity index (χ2n) is 0. The summed E-state index contributed by atoms with van der Waals surface area (Å²) in [4.78, 5) is 0. The molecule has 0 aliphatic heterocycles. The first-order valence-corrected chi connectivity index (χ1v) is 0.200. The molecule has 4 heteroatoms. The van der Waals surface area contributed by atoms with Crippen molar-refractivity contribution < 1.29 is 60.6 Å². The zero-order valence-corrected chi connectivity index (χ0v) is 8.88. The van der Waals surface area contributed by atoms with Crippen molar-refractivity contribution in [3.63, 3.8) is 0 Å². The van der Waals surface area contributed by atoms with Crippen LogP contribution in [0.4, 0.5) is 0 Å². The van der Waals surface area contributed by atoms with Gasteiger partial charge in [0.05, 0.1) is 0 Å². The van der Waals surface area contributed by atoms with Crippen LogP contribution < -0.4 is 0 Å². The summed E-state index contributed by atoms with van der Waals surface area (Å²) in [7, 11) is 0. The Kier molecular flexibility index (Phi) is 102. The number of rotatable bonds is 0. The van der Waals surface area contributed by atoms with E-state index < -0.39 is 0 Å². The van der Waals surface area contributed by atoms with Gasteiger partial charge in [0.25, 0.3) is 0 Å². The SMILES string of the molecule is OO.[Ag].[Hg]. The maximum atomic E-state index is 6.00. The first kappa shape index (κ1) is 17.5. The van der Waals surface area contributed by atoms with Crippen LogP contribution in [0.15, 0.2) is 0 Å². The van der Waals surface area contributed by atoms with Crippen LogP contribution in [-0.4, -0.2) is 10.5 Å². The van der Waals surface area contributed by atoms with Crippen molar-refractivity contribution in [2.45, 2.75) is 0 Å². The predicted octanol–water partition coefficient (Wildman–Crippen LogP) is 0.0124. The van der Waals surface area contributed by atoms with Crippen LogP contribution in [0.1, 0.15) is 0 Å². The van der Waals surface area contributed by atoms with Gasteiger partial charge in [-0.3, -0.25) is 10.5 Å². The molecule has 1 radical (unpaired) electrons. The Hall–Kier alpha value is 1.60. The van der Waals surface area contributed by atoms with Crippen molar-refractivity contribution in [1.82, 2.24) is 0 Å². The third-order valence-electron chi connectivity index (χ3n) is 0. The quantitative estimate of drug-likeness (QED) is 0.370. The molecule has 0 aliphatic rings. The summed E-state index contributed by atoms with van der Waals surface area (Å²) >= 11 is 0. The molecule has 0 rings (SSSR count). The van der Waals surface area contributed by atoms with Crippen LogP contribution in [0.5, 0.6) is 0 Å². The van der Waals surface area contributed by atoms with Gasteiger partial charge in [-0.15, -0.1) is 0 Å². The van der Waals surface area contributed by atoms with Crippen molar-refractivity contribution in [2.24, 2.45) is 0 Å². The standard InChI is InChI=1S/Ag.Hg.H2O2/c;;1-2/h;;1-2H. The fraction of sp³-hybridized carbons (Fsp3) is 0. The number of hydrogen-bond donors (Lipinski definition) is 2. The second kappa shape index (κ2) is 23.3. The second-order valence-corrected chi connectivity index (χ2v) is 0. The first-order chi connectivity index (χ1) is 1.00. The van der Waals surface area contributed by atoms with Crippen molar-refractivity contribution in [3.05, 3.63) is 0 Å². The average Bonchev–Trinajstić information content (AvgIpc) is 1.00. The van der Waals surface area contributed by atoms with E-state index in [1.807, 2.05) is 0 Å². The molecule has 0 spiro atoms. The molecule has 0 atom stereocenters. The minimum absolute atomic E-state index is 0. The van der Waals surface area contributed by atoms with Crippen LogP contribution in [-0.2, 0) is 50.0 Å². The Morgan fingerprint density at radius 3 is 1.00 bits per heavy atom.